The fraction of sp³-hybridized carbons (Fsp3) is 0.441. The van der Waals surface area contributed by atoms with E-state index in [0.717, 1.165) is 60.9 Å². The van der Waals surface area contributed by atoms with Crippen LogP contribution in [0.1, 0.15) is 72.5 Å². The topological polar surface area (TPSA) is 72.8 Å². The highest BCUT2D eigenvalue weighted by Crippen LogP contribution is 2.46. The van der Waals surface area contributed by atoms with Crippen molar-refractivity contribution in [3.05, 3.63) is 94.0 Å². The number of aliphatic hydroxyl groups is 2. The standard InChI is InChI=1S/C34H43ClN2O3/c1-3-25-10-7-11-28(22-25)32-30(13-8-14-31(32)35)34(40,19-5-4-6-21-38)29-12-9-20-37(24-29)33(39)27-17-15-26(16-18-27)23-36-2/h7-8,10-11,13-18,22,29,36,38,40H,3-6,9,12,19-21,23-24H2,1-2H3/t29-,34?/m1/s1. The van der Waals surface area contributed by atoms with E-state index in [1.807, 2.05) is 60.5 Å². The summed E-state index contributed by atoms with van der Waals surface area (Å²) >= 11 is 6.87. The number of piperidine rings is 1. The Morgan fingerprint density at radius 1 is 1.05 bits per heavy atom. The predicted molar refractivity (Wildman–Crippen MR) is 164 cm³/mol. The van der Waals surface area contributed by atoms with Gasteiger partial charge in [-0.25, -0.2) is 0 Å². The molecule has 5 nitrogen and oxygen atoms in total. The Morgan fingerprint density at radius 2 is 1.82 bits per heavy atom. The smallest absolute Gasteiger partial charge is 0.253 e. The highest BCUT2D eigenvalue weighted by Gasteiger charge is 2.43. The van der Waals surface area contributed by atoms with Gasteiger partial charge in [-0.3, -0.25) is 4.79 Å². The van der Waals surface area contributed by atoms with Crippen LogP contribution in [0.5, 0.6) is 0 Å². The van der Waals surface area contributed by atoms with Crippen molar-refractivity contribution in [1.29, 1.82) is 0 Å². The zero-order chi connectivity index (χ0) is 28.5. The highest BCUT2D eigenvalue weighted by atomic mass is 35.5. The van der Waals surface area contributed by atoms with Crippen LogP contribution in [0.15, 0.2) is 66.7 Å². The van der Waals surface area contributed by atoms with E-state index in [0.29, 0.717) is 36.5 Å². The maximum Gasteiger partial charge on any atom is 0.253 e. The molecule has 1 aliphatic rings. The molecule has 0 bridgehead atoms. The molecule has 0 aromatic heterocycles. The molecule has 0 saturated carbocycles. The van der Waals surface area contributed by atoms with Gasteiger partial charge in [0.2, 0.25) is 0 Å². The van der Waals surface area contributed by atoms with E-state index in [-0.39, 0.29) is 18.4 Å². The van der Waals surface area contributed by atoms with Gasteiger partial charge in [0, 0.05) is 48.3 Å². The number of unbranched alkanes of at least 4 members (excludes halogenated alkanes) is 2. The van der Waals surface area contributed by atoms with Crippen LogP contribution < -0.4 is 5.32 Å². The number of hydrogen-bond donors (Lipinski definition) is 3. The highest BCUT2D eigenvalue weighted by molar-refractivity contribution is 6.33. The van der Waals surface area contributed by atoms with Crippen molar-refractivity contribution in [1.82, 2.24) is 10.2 Å². The number of benzene rings is 3. The van der Waals surface area contributed by atoms with Gasteiger partial charge in [-0.2, -0.15) is 0 Å². The third kappa shape index (κ3) is 6.95. The number of halogens is 1. The van der Waals surface area contributed by atoms with Gasteiger partial charge in [-0.1, -0.05) is 79.9 Å². The summed E-state index contributed by atoms with van der Waals surface area (Å²) in [6, 6.07) is 22.0. The third-order valence-corrected chi connectivity index (χ3v) is 8.60. The molecule has 1 amide bonds. The summed E-state index contributed by atoms with van der Waals surface area (Å²) in [4.78, 5) is 15.5. The molecule has 4 rings (SSSR count). The van der Waals surface area contributed by atoms with Gasteiger partial charge >= 0.3 is 0 Å². The monoisotopic (exact) mass is 562 g/mol. The normalized spacial score (nSPS) is 17.0. The van der Waals surface area contributed by atoms with Crippen molar-refractivity contribution in [2.75, 3.05) is 26.7 Å². The number of nitrogens with one attached hydrogen (secondary N) is 1. The molecule has 0 spiro atoms. The number of rotatable bonds is 12. The second-order valence-corrected chi connectivity index (χ2v) is 11.4. The van der Waals surface area contributed by atoms with E-state index in [1.165, 1.54) is 5.56 Å². The second-order valence-electron chi connectivity index (χ2n) is 11.0. The maximum atomic E-state index is 13.6. The quantitative estimate of drug-likeness (QED) is 0.218. The summed E-state index contributed by atoms with van der Waals surface area (Å²) in [7, 11) is 1.91. The van der Waals surface area contributed by atoms with E-state index < -0.39 is 5.60 Å². The molecule has 1 unspecified atom stereocenters. The molecular weight excluding hydrogens is 520 g/mol. The molecule has 3 N–H and O–H groups in total. The Morgan fingerprint density at radius 3 is 2.55 bits per heavy atom. The van der Waals surface area contributed by atoms with E-state index in [4.69, 9.17) is 11.6 Å². The number of aryl methyl sites for hydroxylation is 1. The molecule has 1 heterocycles. The Hall–Kier alpha value is -2.70. The largest absolute Gasteiger partial charge is 0.396 e. The van der Waals surface area contributed by atoms with Crippen LogP contribution >= 0.6 is 11.6 Å². The number of hydrogen-bond acceptors (Lipinski definition) is 4. The number of carbonyl (C=O) groups is 1. The average molecular weight is 563 g/mol. The first-order valence-corrected chi connectivity index (χ1v) is 15.0. The molecule has 2 atom stereocenters. The van der Waals surface area contributed by atoms with Gasteiger partial charge in [0.1, 0.15) is 0 Å². The van der Waals surface area contributed by atoms with E-state index in [9.17, 15) is 15.0 Å². The first kappa shape index (κ1) is 30.3. The van der Waals surface area contributed by atoms with Gasteiger partial charge in [0.25, 0.3) is 5.91 Å². The van der Waals surface area contributed by atoms with Crippen LogP contribution in [0, 0.1) is 5.92 Å². The zero-order valence-electron chi connectivity index (χ0n) is 23.8. The Labute approximate surface area is 244 Å². The second kappa shape index (κ2) is 14.3. The van der Waals surface area contributed by atoms with Crippen molar-refractivity contribution in [2.24, 2.45) is 5.92 Å². The van der Waals surface area contributed by atoms with E-state index in [2.05, 4.69) is 30.4 Å². The van der Waals surface area contributed by atoms with Crippen LogP contribution in [-0.4, -0.2) is 47.8 Å². The summed E-state index contributed by atoms with van der Waals surface area (Å²) in [5.74, 6) is -0.139. The van der Waals surface area contributed by atoms with Gasteiger partial charge in [-0.05, 0) is 79.6 Å². The minimum absolute atomic E-state index is 0.00491. The average Bonchev–Trinajstić information content (AvgIpc) is 2.99. The maximum absolute atomic E-state index is 13.6. The number of amides is 1. The predicted octanol–water partition coefficient (Wildman–Crippen LogP) is 6.58. The summed E-state index contributed by atoms with van der Waals surface area (Å²) in [5, 5.41) is 25.8. The third-order valence-electron chi connectivity index (χ3n) is 8.29. The lowest BCUT2D eigenvalue weighted by Gasteiger charge is -2.44. The molecule has 1 saturated heterocycles. The molecule has 1 aliphatic heterocycles. The molecule has 3 aromatic rings. The fourth-order valence-electron chi connectivity index (χ4n) is 6.07. The van der Waals surface area contributed by atoms with Gasteiger partial charge in [0.05, 0.1) is 5.60 Å². The summed E-state index contributed by atoms with van der Waals surface area (Å²) < 4.78 is 0. The number of nitrogens with zero attached hydrogens (tertiary/aromatic N) is 1. The van der Waals surface area contributed by atoms with E-state index >= 15 is 0 Å². The molecular formula is C34H43ClN2O3. The number of aliphatic hydroxyl groups excluding tert-OH is 1. The van der Waals surface area contributed by atoms with Crippen LogP contribution in [0.25, 0.3) is 11.1 Å². The summed E-state index contributed by atoms with van der Waals surface area (Å²) in [6.45, 7) is 4.19. The Bertz CT molecular complexity index is 1260. The molecule has 3 aromatic carbocycles. The first-order valence-electron chi connectivity index (χ1n) is 14.7. The Balaban J connectivity index is 1.69. The molecule has 6 heteroatoms. The lowest BCUT2D eigenvalue weighted by Crippen LogP contribution is -2.48. The fourth-order valence-corrected chi connectivity index (χ4v) is 6.35. The van der Waals surface area contributed by atoms with Crippen LogP contribution in [0.3, 0.4) is 0 Å². The van der Waals surface area contributed by atoms with Crippen molar-refractivity contribution >= 4 is 17.5 Å². The van der Waals surface area contributed by atoms with Gasteiger partial charge in [-0.15, -0.1) is 0 Å². The van der Waals surface area contributed by atoms with Gasteiger partial charge in [0.15, 0.2) is 0 Å². The lowest BCUT2D eigenvalue weighted by molar-refractivity contribution is -0.0569. The minimum Gasteiger partial charge on any atom is -0.396 e. The van der Waals surface area contributed by atoms with E-state index in [1.54, 1.807) is 0 Å². The van der Waals surface area contributed by atoms with Crippen LogP contribution in [0.2, 0.25) is 5.02 Å². The SMILES string of the molecule is CCc1cccc(-c2c(Cl)cccc2C(O)(CCCCCO)[C@@H]2CCCN(C(=O)c3ccc(CNC)cc3)C2)c1. The first-order chi connectivity index (χ1) is 19.4. The zero-order valence-corrected chi connectivity index (χ0v) is 24.6. The van der Waals surface area contributed by atoms with Crippen molar-refractivity contribution in [3.63, 3.8) is 0 Å². The van der Waals surface area contributed by atoms with Crippen molar-refractivity contribution in [2.45, 2.75) is 64.0 Å². The lowest BCUT2D eigenvalue weighted by atomic mass is 9.72. The van der Waals surface area contributed by atoms with Crippen molar-refractivity contribution < 1.29 is 15.0 Å². The summed E-state index contributed by atoms with van der Waals surface area (Å²) in [5.41, 5.74) is 4.54. The minimum atomic E-state index is -1.17. The molecule has 214 valence electrons. The molecule has 0 radical (unpaired) electrons. The number of likely N-dealkylation sites (tertiary alicyclic amines) is 1. The Kier molecular flexibility index (Phi) is 10.8. The van der Waals surface area contributed by atoms with Crippen molar-refractivity contribution in [3.8, 4) is 11.1 Å². The molecule has 0 aliphatic carbocycles. The molecule has 40 heavy (non-hydrogen) atoms. The summed E-state index contributed by atoms with van der Waals surface area (Å²) in [6.07, 6.45) is 5.41. The van der Waals surface area contributed by atoms with Gasteiger partial charge < -0.3 is 20.4 Å². The number of carbonyl (C=O) groups excluding carboxylic acids is 1. The van der Waals surface area contributed by atoms with Crippen LogP contribution in [0.4, 0.5) is 0 Å². The van der Waals surface area contributed by atoms with Crippen LogP contribution in [-0.2, 0) is 18.6 Å². The molecule has 1 fully saturated rings.